The third-order valence-electron chi connectivity index (χ3n) is 4.17. The number of nitrogens with two attached hydrogens (primary N) is 1. The fourth-order valence-electron chi connectivity index (χ4n) is 2.54. The molecule has 20 heavy (non-hydrogen) atoms. The molecule has 0 bridgehead atoms. The summed E-state index contributed by atoms with van der Waals surface area (Å²) in [5.74, 6) is 0. The molecule has 1 aromatic carbocycles. The molecule has 1 aliphatic carbocycles. The maximum absolute atomic E-state index is 12.5. The quantitative estimate of drug-likeness (QED) is 0.930. The molecule has 3 heteroatoms. The van der Waals surface area contributed by atoms with E-state index in [1.165, 1.54) is 11.1 Å². The van der Waals surface area contributed by atoms with Crippen molar-refractivity contribution in [1.82, 2.24) is 4.57 Å². The summed E-state index contributed by atoms with van der Waals surface area (Å²) < 4.78 is 1.83. The van der Waals surface area contributed by atoms with Crippen molar-refractivity contribution >= 4 is 0 Å². The molecule has 104 valence electrons. The second-order valence-electron chi connectivity index (χ2n) is 5.73. The number of benzene rings is 1. The Morgan fingerprint density at radius 2 is 1.95 bits per heavy atom. The minimum Gasteiger partial charge on any atom is -0.320 e. The molecule has 1 atom stereocenters. The van der Waals surface area contributed by atoms with Crippen LogP contribution in [0.4, 0.5) is 0 Å². The van der Waals surface area contributed by atoms with Crippen LogP contribution in [0.5, 0.6) is 0 Å². The van der Waals surface area contributed by atoms with Crippen LogP contribution in [0, 0.1) is 13.8 Å². The second-order valence-corrected chi connectivity index (χ2v) is 5.73. The van der Waals surface area contributed by atoms with E-state index in [9.17, 15) is 4.79 Å². The van der Waals surface area contributed by atoms with Gasteiger partial charge in [-0.3, -0.25) is 4.79 Å². The van der Waals surface area contributed by atoms with E-state index in [2.05, 4.69) is 26.0 Å². The topological polar surface area (TPSA) is 48.0 Å². The van der Waals surface area contributed by atoms with Crippen LogP contribution < -0.4 is 11.3 Å². The molecule has 2 aromatic rings. The summed E-state index contributed by atoms with van der Waals surface area (Å²) in [6.45, 7) is 4.15. The summed E-state index contributed by atoms with van der Waals surface area (Å²) >= 11 is 0. The van der Waals surface area contributed by atoms with E-state index in [1.807, 2.05) is 29.0 Å². The smallest absolute Gasteiger partial charge is 0.255 e. The Bertz CT molecular complexity index is 698. The molecule has 0 aliphatic heterocycles. The van der Waals surface area contributed by atoms with Gasteiger partial charge in [0, 0.05) is 17.8 Å². The van der Waals surface area contributed by atoms with Gasteiger partial charge in [0.2, 0.25) is 0 Å². The normalized spacial score (nSPS) is 16.1. The zero-order valence-electron chi connectivity index (χ0n) is 12.0. The van der Waals surface area contributed by atoms with Gasteiger partial charge < -0.3 is 10.3 Å². The molecule has 1 saturated carbocycles. The Kier molecular flexibility index (Phi) is 3.22. The Morgan fingerprint density at radius 3 is 2.60 bits per heavy atom. The second kappa shape index (κ2) is 4.91. The third kappa shape index (κ3) is 2.29. The Balaban J connectivity index is 2.01. The third-order valence-corrected chi connectivity index (χ3v) is 4.17. The molecular weight excluding hydrogens is 248 g/mol. The summed E-state index contributed by atoms with van der Waals surface area (Å²) in [5, 5.41) is 0. The van der Waals surface area contributed by atoms with Crippen LogP contribution >= 0.6 is 0 Å². The fraction of sp³-hybridized carbons (Fsp3) is 0.353. The maximum Gasteiger partial charge on any atom is 0.255 e. The van der Waals surface area contributed by atoms with Gasteiger partial charge in [0.25, 0.3) is 5.56 Å². The van der Waals surface area contributed by atoms with Crippen molar-refractivity contribution in [3.63, 3.8) is 0 Å². The van der Waals surface area contributed by atoms with Crippen molar-refractivity contribution in [2.75, 3.05) is 0 Å². The van der Waals surface area contributed by atoms with Crippen LogP contribution in [0.1, 0.15) is 47.2 Å². The van der Waals surface area contributed by atoms with E-state index in [1.54, 1.807) is 0 Å². The lowest BCUT2D eigenvalue weighted by Gasteiger charge is -2.15. The number of pyridine rings is 1. The predicted octanol–water partition coefficient (Wildman–Crippen LogP) is 2.85. The van der Waals surface area contributed by atoms with E-state index in [0.29, 0.717) is 11.6 Å². The Labute approximate surface area is 119 Å². The fourth-order valence-corrected chi connectivity index (χ4v) is 2.54. The van der Waals surface area contributed by atoms with Crippen LogP contribution in [0.3, 0.4) is 0 Å². The highest BCUT2D eigenvalue weighted by atomic mass is 16.1. The number of aryl methyl sites for hydroxylation is 2. The highest BCUT2D eigenvalue weighted by Gasteiger charge is 2.26. The summed E-state index contributed by atoms with van der Waals surface area (Å²) in [7, 11) is 0. The SMILES string of the molecule is Cc1ccc(C(N)c2cccn(C3CC3)c2=O)cc1C. The van der Waals surface area contributed by atoms with Crippen molar-refractivity contribution in [2.45, 2.75) is 38.8 Å². The van der Waals surface area contributed by atoms with Gasteiger partial charge in [-0.1, -0.05) is 24.3 Å². The largest absolute Gasteiger partial charge is 0.320 e. The number of hydrogen-bond acceptors (Lipinski definition) is 2. The van der Waals surface area contributed by atoms with Gasteiger partial charge in [-0.05, 0) is 49.4 Å². The van der Waals surface area contributed by atoms with Crippen molar-refractivity contribution in [3.8, 4) is 0 Å². The van der Waals surface area contributed by atoms with Gasteiger partial charge >= 0.3 is 0 Å². The Hall–Kier alpha value is -1.87. The van der Waals surface area contributed by atoms with Gasteiger partial charge in [0.15, 0.2) is 0 Å². The molecule has 1 aliphatic rings. The van der Waals surface area contributed by atoms with E-state index in [4.69, 9.17) is 5.73 Å². The molecular formula is C17H20N2O. The van der Waals surface area contributed by atoms with Crippen LogP contribution in [0.2, 0.25) is 0 Å². The Morgan fingerprint density at radius 1 is 1.20 bits per heavy atom. The first-order valence-electron chi connectivity index (χ1n) is 7.11. The first-order valence-corrected chi connectivity index (χ1v) is 7.11. The van der Waals surface area contributed by atoms with E-state index >= 15 is 0 Å². The van der Waals surface area contributed by atoms with Gasteiger partial charge in [-0.2, -0.15) is 0 Å². The molecule has 2 N–H and O–H groups in total. The van der Waals surface area contributed by atoms with Crippen molar-refractivity contribution in [1.29, 1.82) is 0 Å². The average Bonchev–Trinajstić information content (AvgIpc) is 3.26. The lowest BCUT2D eigenvalue weighted by Crippen LogP contribution is -2.27. The molecule has 3 rings (SSSR count). The lowest BCUT2D eigenvalue weighted by molar-refractivity contribution is 0.684. The van der Waals surface area contributed by atoms with Crippen molar-refractivity contribution < 1.29 is 0 Å². The van der Waals surface area contributed by atoms with Gasteiger partial charge in [-0.25, -0.2) is 0 Å². The maximum atomic E-state index is 12.5. The molecule has 0 radical (unpaired) electrons. The minimum absolute atomic E-state index is 0.0562. The summed E-state index contributed by atoms with van der Waals surface area (Å²) in [6.07, 6.45) is 4.07. The monoisotopic (exact) mass is 268 g/mol. The molecule has 0 spiro atoms. The summed E-state index contributed by atoms with van der Waals surface area (Å²) in [5.41, 5.74) is 10.5. The summed E-state index contributed by atoms with van der Waals surface area (Å²) in [4.78, 5) is 12.5. The first-order chi connectivity index (χ1) is 9.58. The lowest BCUT2D eigenvalue weighted by atomic mass is 9.97. The van der Waals surface area contributed by atoms with E-state index < -0.39 is 0 Å². The van der Waals surface area contributed by atoms with Crippen molar-refractivity contribution in [2.24, 2.45) is 5.73 Å². The number of rotatable bonds is 3. The van der Waals surface area contributed by atoms with E-state index in [-0.39, 0.29) is 11.6 Å². The van der Waals surface area contributed by atoms with Gasteiger partial charge in [0.1, 0.15) is 0 Å². The molecule has 1 fully saturated rings. The zero-order valence-corrected chi connectivity index (χ0v) is 12.0. The highest BCUT2D eigenvalue weighted by Crippen LogP contribution is 2.33. The number of aromatic nitrogens is 1. The molecule has 1 heterocycles. The van der Waals surface area contributed by atoms with Crippen LogP contribution in [0.25, 0.3) is 0 Å². The summed E-state index contributed by atoms with van der Waals surface area (Å²) in [6, 6.07) is 9.96. The standard InChI is InChI=1S/C17H20N2O/c1-11-5-6-13(10-12(11)2)16(18)15-4-3-9-19(17(15)20)14-7-8-14/h3-6,9-10,14,16H,7-8,18H2,1-2H3. The molecule has 1 unspecified atom stereocenters. The van der Waals surface area contributed by atoms with E-state index in [0.717, 1.165) is 18.4 Å². The van der Waals surface area contributed by atoms with Gasteiger partial charge in [0.05, 0.1) is 6.04 Å². The molecule has 0 amide bonds. The molecule has 1 aromatic heterocycles. The highest BCUT2D eigenvalue weighted by molar-refractivity contribution is 5.36. The zero-order chi connectivity index (χ0) is 14.3. The van der Waals surface area contributed by atoms with Crippen molar-refractivity contribution in [3.05, 3.63) is 69.1 Å². The minimum atomic E-state index is -0.354. The molecule has 3 nitrogen and oxygen atoms in total. The predicted molar refractivity (Wildman–Crippen MR) is 80.9 cm³/mol. The number of nitrogens with zero attached hydrogens (tertiary/aromatic N) is 1. The van der Waals surface area contributed by atoms with Gasteiger partial charge in [-0.15, -0.1) is 0 Å². The number of hydrogen-bond donors (Lipinski definition) is 1. The molecule has 0 saturated heterocycles. The van der Waals surface area contributed by atoms with Crippen LogP contribution in [-0.4, -0.2) is 4.57 Å². The van der Waals surface area contributed by atoms with Crippen LogP contribution in [0.15, 0.2) is 41.3 Å². The first kappa shape index (κ1) is 13.1. The average molecular weight is 268 g/mol. The van der Waals surface area contributed by atoms with Crippen LogP contribution in [-0.2, 0) is 0 Å².